The van der Waals surface area contributed by atoms with Crippen molar-refractivity contribution in [3.63, 3.8) is 0 Å². The normalized spacial score (nSPS) is 11.5. The van der Waals surface area contributed by atoms with E-state index in [1.807, 2.05) is 67.6 Å². The Morgan fingerprint density at radius 2 is 1.69 bits per heavy atom. The molecule has 0 bridgehead atoms. The molecular formula is C33H32N2O6S. The molecule has 0 aliphatic heterocycles. The largest absolute Gasteiger partial charge is 0.496 e. The lowest BCUT2D eigenvalue weighted by Crippen LogP contribution is -2.28. The number of amides is 1. The molecule has 0 spiro atoms. The first-order valence-corrected chi connectivity index (χ1v) is 14.2. The quantitative estimate of drug-likeness (QED) is 0.212. The highest BCUT2D eigenvalue weighted by molar-refractivity contribution is 7.21. The molecule has 216 valence electrons. The molecule has 9 heteroatoms. The van der Waals surface area contributed by atoms with Crippen molar-refractivity contribution in [1.82, 2.24) is 4.40 Å². The van der Waals surface area contributed by atoms with Crippen LogP contribution in [-0.2, 0) is 15.9 Å². The Balaban J connectivity index is 1.78. The summed E-state index contributed by atoms with van der Waals surface area (Å²) in [6.07, 6.45) is -0.308. The van der Waals surface area contributed by atoms with Gasteiger partial charge >= 0.3 is 12.1 Å². The molecule has 3 aromatic carbocycles. The van der Waals surface area contributed by atoms with Gasteiger partial charge in [0, 0.05) is 12.5 Å². The van der Waals surface area contributed by atoms with Crippen LogP contribution in [0.2, 0.25) is 0 Å². The van der Waals surface area contributed by atoms with Crippen LogP contribution in [0.3, 0.4) is 0 Å². The van der Waals surface area contributed by atoms with Crippen molar-refractivity contribution in [2.45, 2.75) is 39.7 Å². The van der Waals surface area contributed by atoms with Gasteiger partial charge in [-0.2, -0.15) is 0 Å². The zero-order chi connectivity index (χ0) is 30.2. The van der Waals surface area contributed by atoms with Crippen molar-refractivity contribution >= 4 is 44.7 Å². The number of thiazole rings is 1. The average molecular weight is 585 g/mol. The molecule has 5 aromatic rings. The van der Waals surface area contributed by atoms with Crippen molar-refractivity contribution in [1.29, 1.82) is 0 Å². The molecule has 5 rings (SSSR count). The molecule has 0 aliphatic rings. The van der Waals surface area contributed by atoms with Gasteiger partial charge in [-0.05, 0) is 78.9 Å². The SMILES string of the molecule is COC(=O)c1c(-c2ccc(OC)c(C)c2)sc2c(NC(=O)OC(C)(C)C)c(Cc3cccc4ccccc34)cc(=O)n12. The smallest absolute Gasteiger partial charge is 0.412 e. The van der Waals surface area contributed by atoms with E-state index < -0.39 is 23.2 Å². The molecule has 0 atom stereocenters. The van der Waals surface area contributed by atoms with Crippen LogP contribution in [0.4, 0.5) is 10.5 Å². The number of carbonyl (C=O) groups is 2. The van der Waals surface area contributed by atoms with Crippen LogP contribution in [-0.4, -0.2) is 36.3 Å². The maximum absolute atomic E-state index is 13.8. The van der Waals surface area contributed by atoms with Crippen LogP contribution in [0.1, 0.15) is 48.0 Å². The van der Waals surface area contributed by atoms with E-state index >= 15 is 0 Å². The number of methoxy groups -OCH3 is 2. The predicted molar refractivity (Wildman–Crippen MR) is 166 cm³/mol. The first-order chi connectivity index (χ1) is 20.0. The Kier molecular flexibility index (Phi) is 7.79. The van der Waals surface area contributed by atoms with Gasteiger partial charge in [0.25, 0.3) is 5.56 Å². The number of pyridine rings is 1. The molecule has 0 saturated heterocycles. The number of carbonyl (C=O) groups excluding carboxylic acids is 2. The van der Waals surface area contributed by atoms with E-state index in [1.165, 1.54) is 28.9 Å². The Bertz CT molecular complexity index is 1890. The molecule has 0 unspecified atom stereocenters. The third-order valence-electron chi connectivity index (χ3n) is 6.82. The number of anilines is 1. The molecule has 8 nitrogen and oxygen atoms in total. The molecule has 1 amide bonds. The van der Waals surface area contributed by atoms with Gasteiger partial charge in [0.05, 0.1) is 24.8 Å². The molecule has 42 heavy (non-hydrogen) atoms. The molecule has 1 N–H and O–H groups in total. The molecule has 0 radical (unpaired) electrons. The van der Waals surface area contributed by atoms with Crippen LogP contribution >= 0.6 is 11.3 Å². The fourth-order valence-electron chi connectivity index (χ4n) is 5.02. The number of nitrogens with one attached hydrogen (secondary N) is 1. The number of hydrogen-bond acceptors (Lipinski definition) is 7. The van der Waals surface area contributed by atoms with Gasteiger partial charge in [0.15, 0.2) is 5.69 Å². The van der Waals surface area contributed by atoms with Gasteiger partial charge < -0.3 is 14.2 Å². The number of hydrogen-bond donors (Lipinski definition) is 1. The lowest BCUT2D eigenvalue weighted by atomic mass is 9.98. The molecule has 2 aromatic heterocycles. The van der Waals surface area contributed by atoms with Gasteiger partial charge in [0.2, 0.25) is 0 Å². The second-order valence-corrected chi connectivity index (χ2v) is 11.9. The topological polar surface area (TPSA) is 95.3 Å². The van der Waals surface area contributed by atoms with Gasteiger partial charge in [0.1, 0.15) is 16.2 Å². The Morgan fingerprint density at radius 1 is 0.952 bits per heavy atom. The maximum Gasteiger partial charge on any atom is 0.412 e. The first kappa shape index (κ1) is 28.9. The Hall–Kier alpha value is -4.63. The summed E-state index contributed by atoms with van der Waals surface area (Å²) in [6, 6.07) is 21.0. The fraction of sp³-hybridized carbons (Fsp3) is 0.242. The minimum absolute atomic E-state index is 0.0796. The Morgan fingerprint density at radius 3 is 2.38 bits per heavy atom. The molecule has 0 fully saturated rings. The van der Waals surface area contributed by atoms with Crippen molar-refractivity contribution in [2.75, 3.05) is 19.5 Å². The molecule has 2 heterocycles. The lowest BCUT2D eigenvalue weighted by molar-refractivity contribution is 0.0592. The summed E-state index contributed by atoms with van der Waals surface area (Å²) in [5, 5.41) is 5.01. The number of rotatable bonds is 6. The summed E-state index contributed by atoms with van der Waals surface area (Å²) in [4.78, 5) is 41.0. The van der Waals surface area contributed by atoms with E-state index in [4.69, 9.17) is 14.2 Å². The van der Waals surface area contributed by atoms with Crippen LogP contribution < -0.4 is 15.6 Å². The van der Waals surface area contributed by atoms with E-state index in [9.17, 15) is 14.4 Å². The van der Waals surface area contributed by atoms with Crippen LogP contribution in [0, 0.1) is 6.92 Å². The summed E-state index contributed by atoms with van der Waals surface area (Å²) in [6.45, 7) is 7.23. The highest BCUT2D eigenvalue weighted by atomic mass is 32.1. The number of benzene rings is 3. The third-order valence-corrected chi connectivity index (χ3v) is 8.03. The molecule has 0 aliphatic carbocycles. The fourth-order valence-corrected chi connectivity index (χ4v) is 6.28. The number of aryl methyl sites for hydroxylation is 1. The second-order valence-electron chi connectivity index (χ2n) is 10.9. The van der Waals surface area contributed by atoms with E-state index in [-0.39, 0.29) is 5.69 Å². The summed E-state index contributed by atoms with van der Waals surface area (Å²) < 4.78 is 17.4. The van der Waals surface area contributed by atoms with E-state index in [2.05, 4.69) is 5.32 Å². The highest BCUT2D eigenvalue weighted by Crippen LogP contribution is 2.39. The number of esters is 1. The molecule has 0 saturated carbocycles. The lowest BCUT2D eigenvalue weighted by Gasteiger charge is -2.21. The third kappa shape index (κ3) is 5.60. The van der Waals surface area contributed by atoms with Crippen LogP contribution in [0.5, 0.6) is 5.75 Å². The highest BCUT2D eigenvalue weighted by Gasteiger charge is 2.27. The van der Waals surface area contributed by atoms with E-state index in [0.717, 1.165) is 21.9 Å². The summed E-state index contributed by atoms with van der Waals surface area (Å²) in [5.74, 6) is 0.0261. The zero-order valence-corrected chi connectivity index (χ0v) is 25.2. The standard InChI is InChI=1S/C33H32N2O6S/c1-19-16-22(14-15-25(19)39-5)29-28(31(37)40-6)35-26(36)18-23(17-21-12-9-11-20-10-7-8-13-24(20)21)27(30(35)42-29)34-32(38)41-33(2,3)4/h7-16,18H,17H2,1-6H3,(H,34,38). The molecular weight excluding hydrogens is 552 g/mol. The summed E-state index contributed by atoms with van der Waals surface area (Å²) in [5.41, 5.74) is 2.46. The van der Waals surface area contributed by atoms with Gasteiger partial charge in [-0.15, -0.1) is 11.3 Å². The maximum atomic E-state index is 13.8. The predicted octanol–water partition coefficient (Wildman–Crippen LogP) is 7.22. The van der Waals surface area contributed by atoms with E-state index in [1.54, 1.807) is 27.9 Å². The number of fused-ring (bicyclic) bond motifs is 2. The summed E-state index contributed by atoms with van der Waals surface area (Å²) in [7, 11) is 2.86. The minimum atomic E-state index is -0.747. The average Bonchev–Trinajstić information content (AvgIpc) is 3.35. The Labute approximate surface area is 247 Å². The van der Waals surface area contributed by atoms with Gasteiger partial charge in [-0.3, -0.25) is 14.5 Å². The number of nitrogens with zero attached hydrogens (tertiary/aromatic N) is 1. The summed E-state index contributed by atoms with van der Waals surface area (Å²) >= 11 is 1.22. The van der Waals surface area contributed by atoms with Crippen molar-refractivity contribution in [2.24, 2.45) is 0 Å². The van der Waals surface area contributed by atoms with Crippen molar-refractivity contribution < 1.29 is 23.8 Å². The van der Waals surface area contributed by atoms with Gasteiger partial charge in [-0.25, -0.2) is 9.59 Å². The second kappa shape index (κ2) is 11.3. The first-order valence-electron chi connectivity index (χ1n) is 13.4. The van der Waals surface area contributed by atoms with Crippen molar-refractivity contribution in [3.8, 4) is 16.2 Å². The van der Waals surface area contributed by atoms with Gasteiger partial charge in [-0.1, -0.05) is 42.5 Å². The van der Waals surface area contributed by atoms with Crippen LogP contribution in [0.15, 0.2) is 71.5 Å². The van der Waals surface area contributed by atoms with Crippen molar-refractivity contribution in [3.05, 3.63) is 99.5 Å². The number of aromatic nitrogens is 1. The zero-order valence-electron chi connectivity index (χ0n) is 24.4. The van der Waals surface area contributed by atoms with E-state index in [0.29, 0.717) is 38.7 Å². The van der Waals surface area contributed by atoms with Crippen LogP contribution in [0.25, 0.3) is 26.0 Å². The number of ether oxygens (including phenoxy) is 3. The monoisotopic (exact) mass is 584 g/mol. The minimum Gasteiger partial charge on any atom is -0.496 e.